The second-order valence-corrected chi connectivity index (χ2v) is 5.28. The molecule has 0 aliphatic heterocycles. The van der Waals surface area contributed by atoms with E-state index in [1.165, 1.54) is 11.3 Å². The number of hydrogen-bond acceptors (Lipinski definition) is 3. The third-order valence-electron chi connectivity index (χ3n) is 2.76. The molecule has 3 N–H and O–H groups in total. The molecule has 2 rings (SSSR count). The molecule has 0 atom stereocenters. The van der Waals surface area contributed by atoms with Crippen LogP contribution in [0.1, 0.15) is 28.1 Å². The summed E-state index contributed by atoms with van der Waals surface area (Å²) >= 11 is 1.41. The number of carbonyl (C=O) groups is 2. The van der Waals surface area contributed by atoms with E-state index in [0.29, 0.717) is 30.8 Å². The fourth-order valence-electron chi connectivity index (χ4n) is 1.70. The third-order valence-corrected chi connectivity index (χ3v) is 3.63. The predicted molar refractivity (Wildman–Crippen MR) is 78.5 cm³/mol. The highest BCUT2D eigenvalue weighted by Crippen LogP contribution is 2.07. The molecule has 0 radical (unpaired) electrons. The van der Waals surface area contributed by atoms with E-state index >= 15 is 0 Å². The van der Waals surface area contributed by atoms with Crippen molar-refractivity contribution in [1.29, 1.82) is 0 Å². The summed E-state index contributed by atoms with van der Waals surface area (Å²) in [4.78, 5) is 26.8. The summed E-state index contributed by atoms with van der Waals surface area (Å²) in [5, 5.41) is 7.49. The first-order valence-corrected chi connectivity index (χ1v) is 7.34. The standard InChI is InChI=1S/C14H17N3O2S/c18-13(17-10-11-5-7-15-9-11)4-1-6-16-14(19)12-3-2-8-20-12/h2-3,5,7-9,15H,1,4,6,10H2,(H,16,19)(H,17,18). The molecule has 106 valence electrons. The SMILES string of the molecule is O=C(CCCNC(=O)c1cccs1)NCc1cc[nH]c1. The van der Waals surface area contributed by atoms with Gasteiger partial charge in [0.25, 0.3) is 5.91 Å². The first-order valence-electron chi connectivity index (χ1n) is 6.46. The van der Waals surface area contributed by atoms with Gasteiger partial charge in [-0.2, -0.15) is 0 Å². The molecular weight excluding hydrogens is 274 g/mol. The van der Waals surface area contributed by atoms with Crippen LogP contribution in [0.15, 0.2) is 36.0 Å². The van der Waals surface area contributed by atoms with E-state index < -0.39 is 0 Å². The number of amides is 2. The zero-order valence-electron chi connectivity index (χ0n) is 11.0. The van der Waals surface area contributed by atoms with Gasteiger partial charge in [-0.05, 0) is 29.5 Å². The van der Waals surface area contributed by atoms with Gasteiger partial charge in [0.05, 0.1) is 4.88 Å². The van der Waals surface area contributed by atoms with Crippen molar-refractivity contribution in [3.8, 4) is 0 Å². The quantitative estimate of drug-likeness (QED) is 0.682. The predicted octanol–water partition coefficient (Wildman–Crippen LogP) is 1.90. The van der Waals surface area contributed by atoms with Gasteiger partial charge in [0.2, 0.25) is 5.91 Å². The molecule has 0 aromatic carbocycles. The molecule has 0 bridgehead atoms. The first-order chi connectivity index (χ1) is 9.75. The molecule has 2 heterocycles. The zero-order valence-corrected chi connectivity index (χ0v) is 11.8. The minimum Gasteiger partial charge on any atom is -0.367 e. The maximum Gasteiger partial charge on any atom is 0.261 e. The fourth-order valence-corrected chi connectivity index (χ4v) is 2.34. The molecule has 0 unspecified atom stereocenters. The average molecular weight is 291 g/mol. The van der Waals surface area contributed by atoms with Crippen molar-refractivity contribution in [1.82, 2.24) is 15.6 Å². The maximum atomic E-state index is 11.6. The van der Waals surface area contributed by atoms with Gasteiger partial charge in [0.15, 0.2) is 0 Å². The smallest absolute Gasteiger partial charge is 0.261 e. The van der Waals surface area contributed by atoms with Gasteiger partial charge < -0.3 is 15.6 Å². The van der Waals surface area contributed by atoms with Crippen LogP contribution < -0.4 is 10.6 Å². The second-order valence-electron chi connectivity index (χ2n) is 4.33. The number of aromatic nitrogens is 1. The summed E-state index contributed by atoms with van der Waals surface area (Å²) < 4.78 is 0. The third kappa shape index (κ3) is 4.55. The Labute approximate surface area is 121 Å². The van der Waals surface area contributed by atoms with E-state index in [1.54, 1.807) is 6.07 Å². The summed E-state index contributed by atoms with van der Waals surface area (Å²) in [6.45, 7) is 1.04. The Morgan fingerprint density at radius 3 is 2.85 bits per heavy atom. The molecule has 0 spiro atoms. The molecule has 2 aromatic rings. The summed E-state index contributed by atoms with van der Waals surface area (Å²) in [6, 6.07) is 5.54. The fraction of sp³-hybridized carbons (Fsp3) is 0.286. The Morgan fingerprint density at radius 2 is 2.15 bits per heavy atom. The van der Waals surface area contributed by atoms with Gasteiger partial charge in [-0.3, -0.25) is 9.59 Å². The number of aromatic amines is 1. The van der Waals surface area contributed by atoms with E-state index in [1.807, 2.05) is 29.9 Å². The lowest BCUT2D eigenvalue weighted by atomic mass is 10.2. The van der Waals surface area contributed by atoms with Gasteiger partial charge in [0.1, 0.15) is 0 Å². The van der Waals surface area contributed by atoms with E-state index in [2.05, 4.69) is 15.6 Å². The van der Waals surface area contributed by atoms with Gasteiger partial charge in [-0.1, -0.05) is 6.07 Å². The summed E-state index contributed by atoms with van der Waals surface area (Å²) in [6.07, 6.45) is 4.72. The number of carbonyl (C=O) groups excluding carboxylic acids is 2. The van der Waals surface area contributed by atoms with E-state index in [9.17, 15) is 9.59 Å². The van der Waals surface area contributed by atoms with Gasteiger partial charge in [-0.25, -0.2) is 0 Å². The highest BCUT2D eigenvalue weighted by molar-refractivity contribution is 7.12. The Morgan fingerprint density at radius 1 is 1.25 bits per heavy atom. The van der Waals surface area contributed by atoms with Crippen LogP contribution >= 0.6 is 11.3 Å². The Balaban J connectivity index is 1.56. The molecule has 0 fully saturated rings. The van der Waals surface area contributed by atoms with Crippen molar-refractivity contribution < 1.29 is 9.59 Å². The number of thiophene rings is 1. The Kier molecular flexibility index (Phi) is 5.37. The molecule has 6 heteroatoms. The summed E-state index contributed by atoms with van der Waals surface area (Å²) in [7, 11) is 0. The largest absolute Gasteiger partial charge is 0.367 e. The van der Waals surface area contributed by atoms with E-state index in [4.69, 9.17) is 0 Å². The highest BCUT2D eigenvalue weighted by atomic mass is 32.1. The van der Waals surface area contributed by atoms with Crippen LogP contribution in [0.5, 0.6) is 0 Å². The monoisotopic (exact) mass is 291 g/mol. The molecule has 0 saturated carbocycles. The Hall–Kier alpha value is -2.08. The summed E-state index contributed by atoms with van der Waals surface area (Å²) in [5.41, 5.74) is 1.05. The van der Waals surface area contributed by atoms with E-state index in [-0.39, 0.29) is 11.8 Å². The van der Waals surface area contributed by atoms with Crippen molar-refractivity contribution in [2.45, 2.75) is 19.4 Å². The zero-order chi connectivity index (χ0) is 14.2. The van der Waals surface area contributed by atoms with Crippen molar-refractivity contribution in [2.75, 3.05) is 6.54 Å². The minimum atomic E-state index is -0.0762. The number of H-pyrrole nitrogens is 1. The van der Waals surface area contributed by atoms with Gasteiger partial charge >= 0.3 is 0 Å². The summed E-state index contributed by atoms with van der Waals surface area (Å²) in [5.74, 6) is -0.0793. The van der Waals surface area contributed by atoms with Crippen molar-refractivity contribution >= 4 is 23.2 Å². The minimum absolute atomic E-state index is 0.00317. The van der Waals surface area contributed by atoms with Crippen molar-refractivity contribution in [3.63, 3.8) is 0 Å². The first kappa shape index (κ1) is 14.3. The molecule has 2 aromatic heterocycles. The van der Waals surface area contributed by atoms with Crippen molar-refractivity contribution in [2.24, 2.45) is 0 Å². The topological polar surface area (TPSA) is 74.0 Å². The number of nitrogens with one attached hydrogen (secondary N) is 3. The number of hydrogen-bond donors (Lipinski definition) is 3. The Bertz CT molecular complexity index is 535. The molecule has 5 nitrogen and oxygen atoms in total. The normalized spacial score (nSPS) is 10.2. The maximum absolute atomic E-state index is 11.6. The lowest BCUT2D eigenvalue weighted by Gasteiger charge is -2.05. The van der Waals surface area contributed by atoms with Crippen LogP contribution in [0.2, 0.25) is 0 Å². The van der Waals surface area contributed by atoms with Crippen LogP contribution in [0.25, 0.3) is 0 Å². The highest BCUT2D eigenvalue weighted by Gasteiger charge is 2.06. The van der Waals surface area contributed by atoms with Gasteiger partial charge in [-0.15, -0.1) is 11.3 Å². The van der Waals surface area contributed by atoms with E-state index in [0.717, 1.165) is 5.56 Å². The molecule has 0 aliphatic rings. The molecule has 2 amide bonds. The molecule has 0 saturated heterocycles. The van der Waals surface area contributed by atoms with Crippen LogP contribution in [-0.4, -0.2) is 23.3 Å². The second kappa shape index (κ2) is 7.49. The van der Waals surface area contributed by atoms with Crippen molar-refractivity contribution in [3.05, 3.63) is 46.4 Å². The van der Waals surface area contributed by atoms with Gasteiger partial charge in [0, 0.05) is 31.9 Å². The molecular formula is C14H17N3O2S. The molecule has 20 heavy (non-hydrogen) atoms. The van der Waals surface area contributed by atoms with Crippen LogP contribution in [0, 0.1) is 0 Å². The van der Waals surface area contributed by atoms with Crippen LogP contribution in [0.4, 0.5) is 0 Å². The van der Waals surface area contributed by atoms with Crippen LogP contribution in [-0.2, 0) is 11.3 Å². The average Bonchev–Trinajstić information content (AvgIpc) is 3.13. The molecule has 0 aliphatic carbocycles. The lowest BCUT2D eigenvalue weighted by Crippen LogP contribution is -2.26. The van der Waals surface area contributed by atoms with Crippen LogP contribution in [0.3, 0.4) is 0 Å². The lowest BCUT2D eigenvalue weighted by molar-refractivity contribution is -0.121. The number of rotatable bonds is 7.